The van der Waals surface area contributed by atoms with Gasteiger partial charge >= 0.3 is 11.9 Å². The summed E-state index contributed by atoms with van der Waals surface area (Å²) in [5.41, 5.74) is 2.21. The summed E-state index contributed by atoms with van der Waals surface area (Å²) in [5.74, 6) is -1.76. The van der Waals surface area contributed by atoms with Crippen LogP contribution in [0.5, 0.6) is 0 Å². The Hall–Kier alpha value is -1.58. The van der Waals surface area contributed by atoms with Crippen LogP contribution in [-0.4, -0.2) is 25.2 Å². The molecule has 0 amide bonds. The van der Waals surface area contributed by atoms with Crippen LogP contribution in [0.15, 0.2) is 23.3 Å². The van der Waals surface area contributed by atoms with Crippen LogP contribution in [0.3, 0.4) is 0 Å². The van der Waals surface area contributed by atoms with Gasteiger partial charge in [0.15, 0.2) is 0 Å². The van der Waals surface area contributed by atoms with Crippen LogP contribution in [0.2, 0.25) is 0 Å². The molecule has 0 aromatic rings. The Bertz CT molecular complexity index is 380. The molecule has 2 aliphatic rings. The number of rotatable bonds is 4. The molecule has 20 heavy (non-hydrogen) atoms. The Balaban J connectivity index is 1.67. The summed E-state index contributed by atoms with van der Waals surface area (Å²) >= 11 is 0. The van der Waals surface area contributed by atoms with Crippen LogP contribution in [-0.2, 0) is 19.1 Å². The summed E-state index contributed by atoms with van der Waals surface area (Å²) in [4.78, 5) is 23.0. The Morgan fingerprint density at radius 1 is 0.800 bits per heavy atom. The molecule has 0 saturated carbocycles. The molecular formula is C16H22O4. The molecule has 0 aromatic heterocycles. The highest BCUT2D eigenvalue weighted by atomic mass is 16.6. The van der Waals surface area contributed by atoms with Crippen LogP contribution < -0.4 is 0 Å². The van der Waals surface area contributed by atoms with Gasteiger partial charge in [0.25, 0.3) is 0 Å². The third-order valence-corrected chi connectivity index (χ3v) is 3.71. The van der Waals surface area contributed by atoms with Gasteiger partial charge in [-0.25, -0.2) is 9.59 Å². The Labute approximate surface area is 119 Å². The molecule has 0 N–H and O–H groups in total. The molecule has 0 unspecified atom stereocenters. The molecule has 0 saturated heterocycles. The Morgan fingerprint density at radius 2 is 1.25 bits per heavy atom. The molecule has 0 spiro atoms. The summed E-state index contributed by atoms with van der Waals surface area (Å²) in [6, 6.07) is 0. The summed E-state index contributed by atoms with van der Waals surface area (Å²) in [6.07, 6.45) is 12.8. The fraction of sp³-hybridized carbons (Fsp3) is 0.625. The molecule has 2 rings (SSSR count). The highest BCUT2D eigenvalue weighted by Crippen LogP contribution is 2.18. The average Bonchev–Trinajstić information content (AvgIpc) is 2.52. The van der Waals surface area contributed by atoms with Crippen molar-refractivity contribution in [3.63, 3.8) is 0 Å². The number of carbonyl (C=O) groups is 2. The largest absolute Gasteiger partial charge is 0.453 e. The van der Waals surface area contributed by atoms with Gasteiger partial charge in [-0.2, -0.15) is 0 Å². The van der Waals surface area contributed by atoms with E-state index in [1.807, 2.05) is 0 Å². The number of ether oxygens (including phenoxy) is 2. The van der Waals surface area contributed by atoms with Gasteiger partial charge in [0.2, 0.25) is 0 Å². The molecule has 0 fully saturated rings. The van der Waals surface area contributed by atoms with Crippen LogP contribution in [0.25, 0.3) is 0 Å². The molecule has 0 bridgehead atoms. The minimum Gasteiger partial charge on any atom is -0.453 e. The molecule has 0 heterocycles. The second-order valence-electron chi connectivity index (χ2n) is 5.37. The predicted molar refractivity (Wildman–Crippen MR) is 75.0 cm³/mol. The molecule has 4 heteroatoms. The van der Waals surface area contributed by atoms with E-state index in [4.69, 9.17) is 9.47 Å². The molecule has 4 nitrogen and oxygen atoms in total. The Kier molecular flexibility index (Phi) is 5.84. The molecular weight excluding hydrogens is 256 g/mol. The first-order chi connectivity index (χ1) is 9.75. The second-order valence-corrected chi connectivity index (χ2v) is 5.37. The first kappa shape index (κ1) is 14.8. The first-order valence-electron chi connectivity index (χ1n) is 7.45. The van der Waals surface area contributed by atoms with Gasteiger partial charge in [-0.1, -0.05) is 12.2 Å². The summed E-state index contributed by atoms with van der Waals surface area (Å²) in [6.45, 7) is 0.438. The van der Waals surface area contributed by atoms with Crippen molar-refractivity contribution in [1.29, 1.82) is 0 Å². The lowest BCUT2D eigenvalue weighted by molar-refractivity contribution is -0.166. The van der Waals surface area contributed by atoms with E-state index in [1.165, 1.54) is 12.8 Å². The lowest BCUT2D eigenvalue weighted by atomic mass is 10.0. The zero-order chi connectivity index (χ0) is 14.2. The lowest BCUT2D eigenvalue weighted by Gasteiger charge is -2.14. The zero-order valence-electron chi connectivity index (χ0n) is 11.9. The second kappa shape index (κ2) is 7.88. The van der Waals surface area contributed by atoms with Gasteiger partial charge in [0, 0.05) is 0 Å². The van der Waals surface area contributed by atoms with Gasteiger partial charge in [-0.05, 0) is 62.5 Å². The smallest absolute Gasteiger partial charge is 0.417 e. The third-order valence-electron chi connectivity index (χ3n) is 3.71. The van der Waals surface area contributed by atoms with E-state index in [1.54, 1.807) is 0 Å². The average molecular weight is 278 g/mol. The fourth-order valence-corrected chi connectivity index (χ4v) is 2.51. The maximum atomic E-state index is 11.5. The van der Waals surface area contributed by atoms with Gasteiger partial charge in [-0.15, -0.1) is 0 Å². The molecule has 0 aromatic carbocycles. The van der Waals surface area contributed by atoms with Crippen molar-refractivity contribution < 1.29 is 19.1 Å². The van der Waals surface area contributed by atoms with E-state index < -0.39 is 11.9 Å². The summed E-state index contributed by atoms with van der Waals surface area (Å²) < 4.78 is 9.96. The number of allylic oxidation sites excluding steroid dienone is 2. The van der Waals surface area contributed by atoms with Crippen molar-refractivity contribution in [2.24, 2.45) is 0 Å². The maximum Gasteiger partial charge on any atom is 0.417 e. The van der Waals surface area contributed by atoms with Gasteiger partial charge in [-0.3, -0.25) is 0 Å². The number of hydrogen-bond donors (Lipinski definition) is 0. The molecule has 110 valence electrons. The summed E-state index contributed by atoms with van der Waals surface area (Å²) in [5, 5.41) is 0. The normalized spacial score (nSPS) is 18.8. The minimum atomic E-state index is -0.882. The van der Waals surface area contributed by atoms with E-state index in [-0.39, 0.29) is 13.2 Å². The van der Waals surface area contributed by atoms with Crippen molar-refractivity contribution in [3.05, 3.63) is 23.3 Å². The van der Waals surface area contributed by atoms with Crippen LogP contribution >= 0.6 is 0 Å². The van der Waals surface area contributed by atoms with E-state index in [0.717, 1.165) is 49.7 Å². The molecule has 0 atom stereocenters. The summed E-state index contributed by atoms with van der Waals surface area (Å²) in [7, 11) is 0. The number of esters is 2. The van der Waals surface area contributed by atoms with E-state index in [0.29, 0.717) is 0 Å². The van der Waals surface area contributed by atoms with E-state index in [9.17, 15) is 9.59 Å². The molecule has 0 aliphatic heterocycles. The quantitative estimate of drug-likeness (QED) is 0.450. The van der Waals surface area contributed by atoms with E-state index in [2.05, 4.69) is 12.2 Å². The van der Waals surface area contributed by atoms with Crippen LogP contribution in [0, 0.1) is 0 Å². The van der Waals surface area contributed by atoms with Gasteiger partial charge < -0.3 is 9.47 Å². The maximum absolute atomic E-state index is 11.5. The Morgan fingerprint density at radius 3 is 1.60 bits per heavy atom. The topological polar surface area (TPSA) is 52.6 Å². The van der Waals surface area contributed by atoms with Crippen molar-refractivity contribution in [1.82, 2.24) is 0 Å². The van der Waals surface area contributed by atoms with Crippen LogP contribution in [0.1, 0.15) is 51.4 Å². The fourth-order valence-electron chi connectivity index (χ4n) is 2.51. The molecule has 0 radical (unpaired) electrons. The highest BCUT2D eigenvalue weighted by Gasteiger charge is 2.19. The standard InChI is InChI=1S/C16H22O4/c17-15(19-11-13-7-3-1-4-8-13)16(18)20-12-14-9-5-2-6-10-14/h7,9H,1-6,8,10-12H2. The predicted octanol–water partition coefficient (Wildman–Crippen LogP) is 3.07. The van der Waals surface area contributed by atoms with Crippen LogP contribution in [0.4, 0.5) is 0 Å². The van der Waals surface area contributed by atoms with Gasteiger partial charge in [0.1, 0.15) is 13.2 Å². The van der Waals surface area contributed by atoms with Crippen molar-refractivity contribution in [2.75, 3.05) is 13.2 Å². The number of hydrogen-bond acceptors (Lipinski definition) is 4. The number of carbonyl (C=O) groups excluding carboxylic acids is 2. The van der Waals surface area contributed by atoms with Gasteiger partial charge in [0.05, 0.1) is 0 Å². The van der Waals surface area contributed by atoms with E-state index >= 15 is 0 Å². The first-order valence-corrected chi connectivity index (χ1v) is 7.45. The van der Waals surface area contributed by atoms with Crippen molar-refractivity contribution >= 4 is 11.9 Å². The monoisotopic (exact) mass is 278 g/mol. The zero-order valence-corrected chi connectivity index (χ0v) is 11.9. The van der Waals surface area contributed by atoms with Crippen molar-refractivity contribution in [3.8, 4) is 0 Å². The minimum absolute atomic E-state index is 0.219. The SMILES string of the molecule is O=C(OCC1=CCCCC1)C(=O)OCC1=CCCCC1. The lowest BCUT2D eigenvalue weighted by Crippen LogP contribution is -2.22. The highest BCUT2D eigenvalue weighted by molar-refractivity contribution is 6.29. The third kappa shape index (κ3) is 4.83. The van der Waals surface area contributed by atoms with Crippen molar-refractivity contribution in [2.45, 2.75) is 51.4 Å². The molecule has 2 aliphatic carbocycles.